The van der Waals surface area contributed by atoms with E-state index in [0.29, 0.717) is 0 Å². The fraction of sp³-hybridized carbons (Fsp3) is 0.412. The van der Waals surface area contributed by atoms with Crippen LogP contribution in [-0.2, 0) is 14.3 Å². The number of amides is 1. The molecule has 0 radical (unpaired) electrons. The van der Waals surface area contributed by atoms with Crippen molar-refractivity contribution in [2.45, 2.75) is 44.8 Å². The van der Waals surface area contributed by atoms with Gasteiger partial charge in [0.2, 0.25) is 0 Å². The van der Waals surface area contributed by atoms with E-state index in [2.05, 4.69) is 21.2 Å². The standard InChI is InChI=1S/C17H20BrNO3/c1-12(17(21)19-14-7-3-4-8-14)22-16(20)11-10-13-6-2-5-9-15(13)18/h2,5-6,9-12,14H,3-4,7-8H2,1H3,(H,19,21)/b11-10+/t12-/m1/s1. The average molecular weight is 366 g/mol. The lowest BCUT2D eigenvalue weighted by Crippen LogP contribution is -2.40. The molecule has 1 N–H and O–H groups in total. The number of carbonyl (C=O) groups excluding carboxylic acids is 2. The molecule has 0 spiro atoms. The lowest BCUT2D eigenvalue weighted by molar-refractivity contribution is -0.150. The van der Waals surface area contributed by atoms with E-state index in [-0.39, 0.29) is 11.9 Å². The summed E-state index contributed by atoms with van der Waals surface area (Å²) in [6.07, 6.45) is 6.52. The summed E-state index contributed by atoms with van der Waals surface area (Å²) in [5.74, 6) is -0.751. The van der Waals surface area contributed by atoms with Gasteiger partial charge < -0.3 is 10.1 Å². The molecule has 1 amide bonds. The normalized spacial score (nSPS) is 16.6. The molecule has 0 aromatic heterocycles. The molecule has 1 aliphatic carbocycles. The molecule has 22 heavy (non-hydrogen) atoms. The Balaban J connectivity index is 1.83. The fourth-order valence-electron chi connectivity index (χ4n) is 2.42. The molecular weight excluding hydrogens is 346 g/mol. The van der Waals surface area contributed by atoms with Crippen LogP contribution in [0.3, 0.4) is 0 Å². The van der Waals surface area contributed by atoms with Gasteiger partial charge in [-0.15, -0.1) is 0 Å². The Hall–Kier alpha value is -1.62. The predicted octanol–water partition coefficient (Wildman–Crippen LogP) is 3.45. The first kappa shape index (κ1) is 16.7. The summed E-state index contributed by atoms with van der Waals surface area (Å²) in [4.78, 5) is 23.7. The van der Waals surface area contributed by atoms with Gasteiger partial charge in [0, 0.05) is 16.6 Å². The monoisotopic (exact) mass is 365 g/mol. The first-order valence-corrected chi connectivity index (χ1v) is 8.29. The molecule has 4 nitrogen and oxygen atoms in total. The highest BCUT2D eigenvalue weighted by atomic mass is 79.9. The molecule has 1 aromatic rings. The van der Waals surface area contributed by atoms with Crippen LogP contribution in [0.1, 0.15) is 38.2 Å². The molecular formula is C17H20BrNO3. The minimum atomic E-state index is -0.781. The van der Waals surface area contributed by atoms with Gasteiger partial charge >= 0.3 is 5.97 Å². The lowest BCUT2D eigenvalue weighted by atomic mass is 10.2. The minimum absolute atomic E-state index is 0.226. The van der Waals surface area contributed by atoms with E-state index in [9.17, 15) is 9.59 Å². The SMILES string of the molecule is C[C@@H](OC(=O)/C=C/c1ccccc1Br)C(=O)NC1CCCC1. The maximum atomic E-state index is 11.9. The van der Waals surface area contributed by atoms with Gasteiger partial charge in [-0.1, -0.05) is 47.0 Å². The smallest absolute Gasteiger partial charge is 0.331 e. The first-order chi connectivity index (χ1) is 10.6. The van der Waals surface area contributed by atoms with Crippen molar-refractivity contribution in [2.24, 2.45) is 0 Å². The van der Waals surface area contributed by atoms with E-state index in [1.807, 2.05) is 24.3 Å². The third-order valence-corrected chi connectivity index (χ3v) is 4.39. The van der Waals surface area contributed by atoms with Crippen molar-refractivity contribution in [3.8, 4) is 0 Å². The van der Waals surface area contributed by atoms with Gasteiger partial charge in [-0.2, -0.15) is 0 Å². The van der Waals surface area contributed by atoms with E-state index in [4.69, 9.17) is 4.74 Å². The molecule has 1 aliphatic rings. The molecule has 1 fully saturated rings. The largest absolute Gasteiger partial charge is 0.449 e. The summed E-state index contributed by atoms with van der Waals surface area (Å²) in [7, 11) is 0. The average Bonchev–Trinajstić information content (AvgIpc) is 2.99. The lowest BCUT2D eigenvalue weighted by Gasteiger charge is -2.16. The molecule has 0 aliphatic heterocycles. The first-order valence-electron chi connectivity index (χ1n) is 7.50. The number of carbonyl (C=O) groups is 2. The fourth-order valence-corrected chi connectivity index (χ4v) is 2.84. The summed E-state index contributed by atoms with van der Waals surface area (Å²) in [6.45, 7) is 1.59. The number of esters is 1. The molecule has 1 saturated carbocycles. The molecule has 0 heterocycles. The number of benzene rings is 1. The second-order valence-electron chi connectivity index (χ2n) is 5.42. The van der Waals surface area contributed by atoms with Gasteiger partial charge in [0.1, 0.15) is 0 Å². The van der Waals surface area contributed by atoms with Crippen molar-refractivity contribution < 1.29 is 14.3 Å². The zero-order valence-corrected chi connectivity index (χ0v) is 14.1. The predicted molar refractivity (Wildman–Crippen MR) is 89.1 cm³/mol. The minimum Gasteiger partial charge on any atom is -0.449 e. The van der Waals surface area contributed by atoms with Crippen LogP contribution < -0.4 is 5.32 Å². The molecule has 118 valence electrons. The van der Waals surface area contributed by atoms with Crippen molar-refractivity contribution in [2.75, 3.05) is 0 Å². The van der Waals surface area contributed by atoms with Crippen molar-refractivity contribution in [3.05, 3.63) is 40.4 Å². The Kier molecular flexibility index (Phi) is 6.19. The Bertz CT molecular complexity index is 565. The van der Waals surface area contributed by atoms with Crippen LogP contribution in [0.25, 0.3) is 6.08 Å². The number of halogens is 1. The summed E-state index contributed by atoms with van der Waals surface area (Å²) < 4.78 is 6.03. The zero-order valence-electron chi connectivity index (χ0n) is 12.5. The van der Waals surface area contributed by atoms with Crippen molar-refractivity contribution in [1.82, 2.24) is 5.32 Å². The van der Waals surface area contributed by atoms with Gasteiger partial charge in [0.25, 0.3) is 5.91 Å². The van der Waals surface area contributed by atoms with E-state index in [1.165, 1.54) is 6.08 Å². The van der Waals surface area contributed by atoms with Gasteiger partial charge in [-0.25, -0.2) is 4.79 Å². The highest BCUT2D eigenvalue weighted by Gasteiger charge is 2.22. The van der Waals surface area contributed by atoms with E-state index in [1.54, 1.807) is 13.0 Å². The summed E-state index contributed by atoms with van der Waals surface area (Å²) in [5.41, 5.74) is 0.877. The molecule has 1 aromatic carbocycles. The van der Waals surface area contributed by atoms with Gasteiger partial charge in [0.15, 0.2) is 6.10 Å². The number of rotatable bonds is 5. The topological polar surface area (TPSA) is 55.4 Å². The van der Waals surface area contributed by atoms with Crippen LogP contribution in [-0.4, -0.2) is 24.0 Å². The van der Waals surface area contributed by atoms with Gasteiger partial charge in [0.05, 0.1) is 0 Å². The Labute approximate surface area is 139 Å². The third-order valence-electron chi connectivity index (χ3n) is 3.67. The van der Waals surface area contributed by atoms with Crippen molar-refractivity contribution in [3.63, 3.8) is 0 Å². The summed E-state index contributed by atoms with van der Waals surface area (Å²) in [6, 6.07) is 7.78. The number of nitrogens with one attached hydrogen (secondary N) is 1. The Morgan fingerprint density at radius 1 is 1.32 bits per heavy atom. The maximum Gasteiger partial charge on any atom is 0.331 e. The van der Waals surface area contributed by atoms with E-state index >= 15 is 0 Å². The van der Waals surface area contributed by atoms with Gasteiger partial charge in [-0.3, -0.25) is 4.79 Å². The van der Waals surface area contributed by atoms with E-state index in [0.717, 1.165) is 35.7 Å². The molecule has 0 saturated heterocycles. The van der Waals surface area contributed by atoms with Crippen LogP contribution in [0.5, 0.6) is 0 Å². The highest BCUT2D eigenvalue weighted by Crippen LogP contribution is 2.18. The van der Waals surface area contributed by atoms with Crippen LogP contribution >= 0.6 is 15.9 Å². The molecule has 0 bridgehead atoms. The maximum absolute atomic E-state index is 11.9. The van der Waals surface area contributed by atoms with E-state index < -0.39 is 12.1 Å². The number of hydrogen-bond acceptors (Lipinski definition) is 3. The van der Waals surface area contributed by atoms with Gasteiger partial charge in [-0.05, 0) is 37.5 Å². The summed E-state index contributed by atoms with van der Waals surface area (Å²) >= 11 is 3.40. The van der Waals surface area contributed by atoms with Crippen LogP contribution in [0, 0.1) is 0 Å². The number of ether oxygens (including phenoxy) is 1. The van der Waals surface area contributed by atoms with Crippen LogP contribution in [0.2, 0.25) is 0 Å². The van der Waals surface area contributed by atoms with Crippen LogP contribution in [0.4, 0.5) is 0 Å². The molecule has 0 unspecified atom stereocenters. The second-order valence-corrected chi connectivity index (χ2v) is 6.28. The number of hydrogen-bond donors (Lipinski definition) is 1. The van der Waals surface area contributed by atoms with Crippen molar-refractivity contribution >= 4 is 33.9 Å². The second kappa shape index (κ2) is 8.13. The summed E-state index contributed by atoms with van der Waals surface area (Å²) in [5, 5.41) is 2.92. The highest BCUT2D eigenvalue weighted by molar-refractivity contribution is 9.10. The Morgan fingerprint density at radius 3 is 2.68 bits per heavy atom. The third kappa shape index (κ3) is 4.98. The molecule has 5 heteroatoms. The van der Waals surface area contributed by atoms with Crippen LogP contribution in [0.15, 0.2) is 34.8 Å². The van der Waals surface area contributed by atoms with Crippen molar-refractivity contribution in [1.29, 1.82) is 0 Å². The molecule has 2 rings (SSSR count). The Morgan fingerprint density at radius 2 is 2.00 bits per heavy atom. The molecule has 1 atom stereocenters. The quantitative estimate of drug-likeness (QED) is 0.642. The zero-order chi connectivity index (χ0) is 15.9.